The van der Waals surface area contributed by atoms with Gasteiger partial charge in [-0.25, -0.2) is 4.79 Å². The van der Waals surface area contributed by atoms with Crippen molar-refractivity contribution < 1.29 is 14.1 Å². The van der Waals surface area contributed by atoms with Gasteiger partial charge in [-0.15, -0.1) is 0 Å². The molecule has 2 rings (SSSR count). The number of carbonyl (C=O) groups excluding carboxylic acids is 1. The van der Waals surface area contributed by atoms with Gasteiger partial charge in [-0.05, 0) is 40.0 Å². The van der Waals surface area contributed by atoms with Crippen molar-refractivity contribution in [2.75, 3.05) is 13.1 Å². The summed E-state index contributed by atoms with van der Waals surface area (Å²) in [7, 11) is 0. The summed E-state index contributed by atoms with van der Waals surface area (Å²) in [4.78, 5) is 18.3. The second kappa shape index (κ2) is 6.45. The largest absolute Gasteiger partial charge is 0.444 e. The van der Waals surface area contributed by atoms with E-state index in [1.807, 2.05) is 20.8 Å². The van der Waals surface area contributed by atoms with Crippen LogP contribution in [0.3, 0.4) is 0 Å². The first-order chi connectivity index (χ1) is 9.89. The van der Waals surface area contributed by atoms with Crippen molar-refractivity contribution in [1.29, 1.82) is 0 Å². The maximum absolute atomic E-state index is 12.1. The number of hydrogen-bond donors (Lipinski definition) is 0. The maximum atomic E-state index is 12.1. The van der Waals surface area contributed by atoms with Gasteiger partial charge in [0, 0.05) is 19.5 Å². The summed E-state index contributed by atoms with van der Waals surface area (Å²) in [5, 5.41) is 3.99. The lowest BCUT2D eigenvalue weighted by molar-refractivity contribution is 0.0189. The van der Waals surface area contributed by atoms with Crippen molar-refractivity contribution in [2.45, 2.75) is 64.9 Å². The maximum Gasteiger partial charge on any atom is 0.410 e. The molecule has 0 aromatic carbocycles. The van der Waals surface area contributed by atoms with Gasteiger partial charge in [-0.2, -0.15) is 4.98 Å². The summed E-state index contributed by atoms with van der Waals surface area (Å²) in [6.07, 6.45) is 3.45. The molecule has 0 radical (unpaired) electrons. The van der Waals surface area contributed by atoms with Crippen LogP contribution in [0.1, 0.15) is 64.6 Å². The zero-order valence-electron chi connectivity index (χ0n) is 13.4. The van der Waals surface area contributed by atoms with Crippen LogP contribution in [-0.2, 0) is 11.2 Å². The first kappa shape index (κ1) is 15.8. The lowest BCUT2D eigenvalue weighted by Crippen LogP contribution is -2.42. The second-order valence-electron chi connectivity index (χ2n) is 6.56. The van der Waals surface area contributed by atoms with Gasteiger partial charge in [-0.3, -0.25) is 0 Å². The molecule has 6 nitrogen and oxygen atoms in total. The van der Waals surface area contributed by atoms with Crippen LogP contribution in [0.15, 0.2) is 4.52 Å². The predicted molar refractivity (Wildman–Crippen MR) is 78.1 cm³/mol. The zero-order chi connectivity index (χ0) is 15.5. The number of aromatic nitrogens is 2. The Labute approximate surface area is 125 Å². The molecule has 1 aromatic rings. The van der Waals surface area contributed by atoms with Gasteiger partial charge < -0.3 is 14.2 Å². The summed E-state index contributed by atoms with van der Waals surface area (Å²) in [6, 6.07) is 0. The van der Waals surface area contributed by atoms with Crippen LogP contribution in [0.5, 0.6) is 0 Å². The summed E-state index contributed by atoms with van der Waals surface area (Å²) >= 11 is 0. The monoisotopic (exact) mass is 295 g/mol. The highest BCUT2D eigenvalue weighted by molar-refractivity contribution is 5.68. The quantitative estimate of drug-likeness (QED) is 0.857. The molecule has 1 amide bonds. The SMILES string of the molecule is CCCc1noc(C2CCCN(C(=O)OC(C)(C)C)C2)n1. The van der Waals surface area contributed by atoms with Crippen molar-refractivity contribution in [3.8, 4) is 0 Å². The van der Waals surface area contributed by atoms with Crippen LogP contribution >= 0.6 is 0 Å². The molecule has 2 heterocycles. The third-order valence-electron chi connectivity index (χ3n) is 3.38. The van der Waals surface area contributed by atoms with Gasteiger partial charge in [0.1, 0.15) is 5.60 Å². The van der Waals surface area contributed by atoms with Gasteiger partial charge in [0.15, 0.2) is 5.82 Å². The number of aryl methyl sites for hydroxylation is 1. The van der Waals surface area contributed by atoms with Crippen LogP contribution < -0.4 is 0 Å². The molecule has 118 valence electrons. The van der Waals surface area contributed by atoms with E-state index in [0.29, 0.717) is 12.4 Å². The fourth-order valence-electron chi connectivity index (χ4n) is 2.43. The highest BCUT2D eigenvalue weighted by atomic mass is 16.6. The molecular formula is C15H25N3O3. The fourth-order valence-corrected chi connectivity index (χ4v) is 2.43. The minimum Gasteiger partial charge on any atom is -0.444 e. The summed E-state index contributed by atoms with van der Waals surface area (Å²) in [6.45, 7) is 9.02. The Morgan fingerprint density at radius 3 is 2.90 bits per heavy atom. The van der Waals surface area contributed by atoms with E-state index in [0.717, 1.165) is 38.1 Å². The van der Waals surface area contributed by atoms with E-state index in [4.69, 9.17) is 9.26 Å². The molecule has 1 saturated heterocycles. The molecule has 21 heavy (non-hydrogen) atoms. The lowest BCUT2D eigenvalue weighted by Gasteiger charge is -2.32. The van der Waals surface area contributed by atoms with Gasteiger partial charge >= 0.3 is 6.09 Å². The third kappa shape index (κ3) is 4.44. The molecule has 0 saturated carbocycles. The van der Waals surface area contributed by atoms with E-state index in [1.54, 1.807) is 4.90 Å². The molecule has 1 aliphatic heterocycles. The van der Waals surface area contributed by atoms with E-state index >= 15 is 0 Å². The molecule has 1 unspecified atom stereocenters. The normalized spacial score (nSPS) is 19.6. The van der Waals surface area contributed by atoms with Crippen LogP contribution in [0.25, 0.3) is 0 Å². The number of hydrogen-bond acceptors (Lipinski definition) is 5. The topological polar surface area (TPSA) is 68.5 Å². The molecule has 0 bridgehead atoms. The van der Waals surface area contributed by atoms with Crippen molar-refractivity contribution in [3.05, 3.63) is 11.7 Å². The minimum absolute atomic E-state index is 0.115. The Morgan fingerprint density at radius 2 is 2.24 bits per heavy atom. The molecular weight excluding hydrogens is 270 g/mol. The minimum atomic E-state index is -0.469. The number of rotatable bonds is 3. The summed E-state index contributed by atoms with van der Waals surface area (Å²) in [5.41, 5.74) is -0.469. The molecule has 1 fully saturated rings. The first-order valence-corrected chi connectivity index (χ1v) is 7.69. The van der Waals surface area contributed by atoms with E-state index in [-0.39, 0.29) is 12.0 Å². The van der Waals surface area contributed by atoms with E-state index in [1.165, 1.54) is 0 Å². The Hall–Kier alpha value is -1.59. The van der Waals surface area contributed by atoms with E-state index < -0.39 is 5.60 Å². The molecule has 1 aromatic heterocycles. The average molecular weight is 295 g/mol. The Bertz CT molecular complexity index is 479. The van der Waals surface area contributed by atoms with Gasteiger partial charge in [0.2, 0.25) is 5.89 Å². The summed E-state index contributed by atoms with van der Waals surface area (Å²) < 4.78 is 10.8. The third-order valence-corrected chi connectivity index (χ3v) is 3.38. The van der Waals surface area contributed by atoms with Gasteiger partial charge in [0.25, 0.3) is 0 Å². The summed E-state index contributed by atoms with van der Waals surface area (Å²) in [5.74, 6) is 1.51. The van der Waals surface area contributed by atoms with Crippen LogP contribution in [-0.4, -0.2) is 39.8 Å². The zero-order valence-corrected chi connectivity index (χ0v) is 13.4. The van der Waals surface area contributed by atoms with Gasteiger partial charge in [0.05, 0.1) is 5.92 Å². The predicted octanol–water partition coefficient (Wildman–Crippen LogP) is 3.14. The van der Waals surface area contributed by atoms with Crippen molar-refractivity contribution >= 4 is 6.09 Å². The lowest BCUT2D eigenvalue weighted by atomic mass is 9.98. The smallest absolute Gasteiger partial charge is 0.410 e. The molecule has 1 atom stereocenters. The fraction of sp³-hybridized carbons (Fsp3) is 0.800. The number of amides is 1. The molecule has 0 aliphatic carbocycles. The van der Waals surface area contributed by atoms with Crippen LogP contribution in [0.2, 0.25) is 0 Å². The molecule has 0 spiro atoms. The van der Waals surface area contributed by atoms with Crippen molar-refractivity contribution in [2.24, 2.45) is 0 Å². The number of ether oxygens (including phenoxy) is 1. The van der Waals surface area contributed by atoms with Crippen LogP contribution in [0, 0.1) is 0 Å². The van der Waals surface area contributed by atoms with Crippen molar-refractivity contribution in [3.63, 3.8) is 0 Å². The molecule has 1 aliphatic rings. The number of piperidine rings is 1. The van der Waals surface area contributed by atoms with Crippen LogP contribution in [0.4, 0.5) is 4.79 Å². The second-order valence-corrected chi connectivity index (χ2v) is 6.56. The Morgan fingerprint density at radius 1 is 1.48 bits per heavy atom. The highest BCUT2D eigenvalue weighted by Gasteiger charge is 2.30. The number of likely N-dealkylation sites (tertiary alicyclic amines) is 1. The molecule has 0 N–H and O–H groups in total. The van der Waals surface area contributed by atoms with Gasteiger partial charge in [-0.1, -0.05) is 12.1 Å². The Balaban J connectivity index is 1.98. The van der Waals surface area contributed by atoms with Crippen molar-refractivity contribution in [1.82, 2.24) is 15.0 Å². The number of nitrogens with zero attached hydrogens (tertiary/aromatic N) is 3. The highest BCUT2D eigenvalue weighted by Crippen LogP contribution is 2.26. The standard InChI is InChI=1S/C15H25N3O3/c1-5-7-12-16-13(21-17-12)11-8-6-9-18(10-11)14(19)20-15(2,3)4/h11H,5-10H2,1-4H3. The average Bonchev–Trinajstić information content (AvgIpc) is 2.86. The van der Waals surface area contributed by atoms with E-state index in [2.05, 4.69) is 17.1 Å². The Kier molecular flexibility index (Phi) is 4.85. The molecule has 6 heteroatoms. The first-order valence-electron chi connectivity index (χ1n) is 7.69. The number of carbonyl (C=O) groups is 1. The van der Waals surface area contributed by atoms with E-state index in [9.17, 15) is 4.79 Å².